The summed E-state index contributed by atoms with van der Waals surface area (Å²) in [5.41, 5.74) is 3.28. The lowest BCUT2D eigenvalue weighted by Gasteiger charge is -2.17. The average Bonchev–Trinajstić information content (AvgIpc) is 2.64. The minimum atomic E-state index is 0.111. The molecule has 0 fully saturated rings. The van der Waals surface area contributed by atoms with Crippen LogP contribution < -0.4 is 5.32 Å². The van der Waals surface area contributed by atoms with Gasteiger partial charge in [0.1, 0.15) is 0 Å². The van der Waals surface area contributed by atoms with Crippen LogP contribution in [0.2, 0.25) is 8.67 Å². The second-order valence-electron chi connectivity index (χ2n) is 4.08. The van der Waals surface area contributed by atoms with E-state index in [1.807, 2.05) is 18.2 Å². The summed E-state index contributed by atoms with van der Waals surface area (Å²) in [5.74, 6) is 0. The first kappa shape index (κ1) is 14.2. The van der Waals surface area contributed by atoms with Crippen molar-refractivity contribution in [2.24, 2.45) is 0 Å². The van der Waals surface area contributed by atoms with Crippen molar-refractivity contribution in [2.75, 3.05) is 5.32 Å². The fourth-order valence-corrected chi connectivity index (χ4v) is 3.74. The van der Waals surface area contributed by atoms with E-state index in [2.05, 4.69) is 41.2 Å². The highest BCUT2D eigenvalue weighted by Crippen LogP contribution is 2.37. The molecular formula is C13H12BrCl2NS. The standard InChI is InChI=1S/C13H12BrCl2NS/c1-7-4-3-5-10(12(7)14)17-8(2)9-6-11(15)18-13(9)16/h3-6,8,17H,1-2H3. The van der Waals surface area contributed by atoms with Crippen LogP contribution in [-0.4, -0.2) is 0 Å². The number of nitrogens with one attached hydrogen (secondary N) is 1. The van der Waals surface area contributed by atoms with Crippen LogP contribution in [0.4, 0.5) is 5.69 Å². The Bertz CT molecular complexity index is 568. The molecular weight excluding hydrogens is 353 g/mol. The molecule has 1 nitrogen and oxygen atoms in total. The van der Waals surface area contributed by atoms with Crippen molar-refractivity contribution >= 4 is 56.2 Å². The van der Waals surface area contributed by atoms with E-state index in [4.69, 9.17) is 23.2 Å². The zero-order valence-electron chi connectivity index (χ0n) is 9.93. The smallest absolute Gasteiger partial charge is 0.0996 e. The summed E-state index contributed by atoms with van der Waals surface area (Å²) in [6.45, 7) is 4.13. The van der Waals surface area contributed by atoms with Gasteiger partial charge in [-0.25, -0.2) is 0 Å². The second-order valence-corrected chi connectivity index (χ2v) is 7.16. The molecule has 5 heteroatoms. The molecule has 0 aliphatic heterocycles. The number of benzene rings is 1. The van der Waals surface area contributed by atoms with E-state index in [1.54, 1.807) is 0 Å². The molecule has 0 spiro atoms. The summed E-state index contributed by atoms with van der Waals surface area (Å²) in [7, 11) is 0. The summed E-state index contributed by atoms with van der Waals surface area (Å²) >= 11 is 17.1. The van der Waals surface area contributed by atoms with Gasteiger partial charge >= 0.3 is 0 Å². The number of anilines is 1. The number of halogens is 3. The maximum absolute atomic E-state index is 6.16. The Morgan fingerprint density at radius 2 is 2.06 bits per heavy atom. The predicted octanol–water partition coefficient (Wildman–Crippen LogP) is 6.30. The Labute approximate surface area is 129 Å². The number of rotatable bonds is 3. The maximum atomic E-state index is 6.16. The quantitative estimate of drug-likeness (QED) is 0.673. The summed E-state index contributed by atoms with van der Waals surface area (Å²) in [5, 5.41) is 3.44. The van der Waals surface area contributed by atoms with Crippen molar-refractivity contribution in [3.8, 4) is 0 Å². The zero-order chi connectivity index (χ0) is 13.3. The van der Waals surface area contributed by atoms with E-state index in [9.17, 15) is 0 Å². The van der Waals surface area contributed by atoms with Crippen LogP contribution >= 0.6 is 50.5 Å². The Hall–Kier alpha value is -0.220. The highest BCUT2D eigenvalue weighted by Gasteiger charge is 2.14. The molecule has 0 radical (unpaired) electrons. The van der Waals surface area contributed by atoms with Gasteiger partial charge in [0.15, 0.2) is 0 Å². The van der Waals surface area contributed by atoms with Crippen LogP contribution in [0.15, 0.2) is 28.7 Å². The third-order valence-corrected chi connectivity index (χ3v) is 5.28. The van der Waals surface area contributed by atoms with Crippen LogP contribution in [0.1, 0.15) is 24.1 Å². The minimum Gasteiger partial charge on any atom is -0.378 e. The molecule has 1 N–H and O–H groups in total. The fourth-order valence-electron chi connectivity index (χ4n) is 1.72. The van der Waals surface area contributed by atoms with Gasteiger partial charge in [0, 0.05) is 15.7 Å². The van der Waals surface area contributed by atoms with Crippen molar-refractivity contribution in [3.63, 3.8) is 0 Å². The Balaban J connectivity index is 2.24. The van der Waals surface area contributed by atoms with Crippen molar-refractivity contribution in [1.29, 1.82) is 0 Å². The van der Waals surface area contributed by atoms with Crippen molar-refractivity contribution in [1.82, 2.24) is 0 Å². The van der Waals surface area contributed by atoms with Gasteiger partial charge in [-0.15, -0.1) is 11.3 Å². The van der Waals surface area contributed by atoms with Crippen molar-refractivity contribution in [2.45, 2.75) is 19.9 Å². The van der Waals surface area contributed by atoms with Gasteiger partial charge in [0.25, 0.3) is 0 Å². The number of hydrogen-bond donors (Lipinski definition) is 1. The largest absolute Gasteiger partial charge is 0.378 e. The number of hydrogen-bond acceptors (Lipinski definition) is 2. The van der Waals surface area contributed by atoms with E-state index >= 15 is 0 Å². The van der Waals surface area contributed by atoms with Gasteiger partial charge in [-0.05, 0) is 47.5 Å². The molecule has 1 aromatic carbocycles. The summed E-state index contributed by atoms with van der Waals surface area (Å²) in [4.78, 5) is 0. The molecule has 1 atom stereocenters. The lowest BCUT2D eigenvalue weighted by atomic mass is 10.1. The Morgan fingerprint density at radius 1 is 1.33 bits per heavy atom. The van der Waals surface area contributed by atoms with Gasteiger partial charge in [-0.1, -0.05) is 35.3 Å². The molecule has 18 heavy (non-hydrogen) atoms. The lowest BCUT2D eigenvalue weighted by molar-refractivity contribution is 0.889. The Morgan fingerprint density at radius 3 is 2.67 bits per heavy atom. The molecule has 1 heterocycles. The van der Waals surface area contributed by atoms with E-state index in [0.29, 0.717) is 4.34 Å². The van der Waals surface area contributed by atoms with Crippen LogP contribution in [-0.2, 0) is 0 Å². The van der Waals surface area contributed by atoms with Crippen LogP contribution in [0.3, 0.4) is 0 Å². The van der Waals surface area contributed by atoms with Gasteiger partial charge in [-0.3, -0.25) is 0 Å². The van der Waals surface area contributed by atoms with Gasteiger partial charge < -0.3 is 5.32 Å². The topological polar surface area (TPSA) is 12.0 Å². The molecule has 1 aromatic heterocycles. The molecule has 1 unspecified atom stereocenters. The van der Waals surface area contributed by atoms with Gasteiger partial charge in [0.2, 0.25) is 0 Å². The summed E-state index contributed by atoms with van der Waals surface area (Å²) in [6.07, 6.45) is 0. The van der Waals surface area contributed by atoms with E-state index in [1.165, 1.54) is 16.9 Å². The van der Waals surface area contributed by atoms with Gasteiger partial charge in [-0.2, -0.15) is 0 Å². The Kier molecular flexibility index (Phi) is 4.59. The normalized spacial score (nSPS) is 12.5. The predicted molar refractivity (Wildman–Crippen MR) is 85.3 cm³/mol. The molecule has 0 bridgehead atoms. The first-order valence-electron chi connectivity index (χ1n) is 5.45. The summed E-state index contributed by atoms with van der Waals surface area (Å²) in [6, 6.07) is 8.15. The van der Waals surface area contributed by atoms with Crippen LogP contribution in [0.5, 0.6) is 0 Å². The monoisotopic (exact) mass is 363 g/mol. The molecule has 0 amide bonds. The van der Waals surface area contributed by atoms with E-state index < -0.39 is 0 Å². The summed E-state index contributed by atoms with van der Waals surface area (Å²) < 4.78 is 2.53. The van der Waals surface area contributed by atoms with Crippen LogP contribution in [0, 0.1) is 6.92 Å². The first-order valence-corrected chi connectivity index (χ1v) is 7.82. The first-order chi connectivity index (χ1) is 8.49. The molecule has 96 valence electrons. The third kappa shape index (κ3) is 3.02. The maximum Gasteiger partial charge on any atom is 0.0996 e. The molecule has 0 saturated heterocycles. The number of thiophene rings is 1. The SMILES string of the molecule is Cc1cccc(NC(C)c2cc(Cl)sc2Cl)c1Br. The lowest BCUT2D eigenvalue weighted by Crippen LogP contribution is -2.06. The molecule has 0 saturated carbocycles. The van der Waals surface area contributed by atoms with Crippen molar-refractivity contribution < 1.29 is 0 Å². The molecule has 2 aromatic rings. The van der Waals surface area contributed by atoms with E-state index in [-0.39, 0.29) is 6.04 Å². The van der Waals surface area contributed by atoms with Gasteiger partial charge in [0.05, 0.1) is 14.7 Å². The van der Waals surface area contributed by atoms with Crippen LogP contribution in [0.25, 0.3) is 0 Å². The molecule has 0 aliphatic rings. The fraction of sp³-hybridized carbons (Fsp3) is 0.231. The minimum absolute atomic E-state index is 0.111. The highest BCUT2D eigenvalue weighted by atomic mass is 79.9. The van der Waals surface area contributed by atoms with Crippen molar-refractivity contribution in [3.05, 3.63) is 48.5 Å². The molecule has 0 aliphatic carbocycles. The second kappa shape index (κ2) is 5.83. The van der Waals surface area contributed by atoms with E-state index in [0.717, 1.165) is 20.1 Å². The molecule has 2 rings (SSSR count). The highest BCUT2D eigenvalue weighted by molar-refractivity contribution is 9.10. The zero-order valence-corrected chi connectivity index (χ0v) is 13.8. The average molecular weight is 365 g/mol. The third-order valence-electron chi connectivity index (χ3n) is 2.71. The number of aryl methyl sites for hydroxylation is 1.